The molecule has 2 N–H and O–H groups in total. The van der Waals surface area contributed by atoms with Gasteiger partial charge in [0, 0.05) is 32.5 Å². The lowest BCUT2D eigenvalue weighted by Crippen LogP contribution is -2.51. The second-order valence-corrected chi connectivity index (χ2v) is 8.73. The van der Waals surface area contributed by atoms with Crippen molar-refractivity contribution in [3.8, 4) is 0 Å². The molecule has 0 bridgehead atoms. The Morgan fingerprint density at radius 2 is 0.900 bits per heavy atom. The minimum absolute atomic E-state index is 0.580. The third-order valence-corrected chi connectivity index (χ3v) is 6.86. The fraction of sp³-hybridized carbons (Fsp3) is 0.0769. The second-order valence-electron chi connectivity index (χ2n) is 7.86. The summed E-state index contributed by atoms with van der Waals surface area (Å²) in [5, 5.41) is 9.22. The van der Waals surface area contributed by atoms with Gasteiger partial charge in [0.1, 0.15) is 11.1 Å². The standard InChI is InChI=1S/C26H18Cl2N2/c27-19-11-13-23-21(15-19)25(17-7-3-1-4-8-17)26(30-23,18-9-5-2-6-10-18)22-16-20(28)12-14-24(22)29-25/h1-16,29-30H/t25-,26+. The maximum atomic E-state index is 6.51. The van der Waals surface area contributed by atoms with Crippen LogP contribution in [0, 0.1) is 0 Å². The van der Waals surface area contributed by atoms with Gasteiger partial charge in [0.15, 0.2) is 0 Å². The van der Waals surface area contributed by atoms with Crippen molar-refractivity contribution in [2.24, 2.45) is 0 Å². The topological polar surface area (TPSA) is 24.1 Å². The van der Waals surface area contributed by atoms with Crippen LogP contribution in [0.25, 0.3) is 0 Å². The first-order chi connectivity index (χ1) is 14.6. The van der Waals surface area contributed by atoms with Crippen molar-refractivity contribution in [3.63, 3.8) is 0 Å². The summed E-state index contributed by atoms with van der Waals surface area (Å²) in [7, 11) is 0. The molecule has 0 amide bonds. The van der Waals surface area contributed by atoms with Crippen LogP contribution in [-0.4, -0.2) is 0 Å². The highest BCUT2D eigenvalue weighted by molar-refractivity contribution is 6.31. The molecule has 4 aromatic rings. The first kappa shape index (κ1) is 17.9. The number of hydrogen-bond donors (Lipinski definition) is 2. The van der Waals surface area contributed by atoms with Crippen molar-refractivity contribution >= 4 is 34.6 Å². The summed E-state index contributed by atoms with van der Waals surface area (Å²) >= 11 is 13.0. The van der Waals surface area contributed by atoms with Crippen LogP contribution in [0.15, 0.2) is 97.1 Å². The molecule has 146 valence electrons. The third kappa shape index (κ3) is 2.15. The Morgan fingerprint density at radius 3 is 1.30 bits per heavy atom. The van der Waals surface area contributed by atoms with Crippen LogP contribution in [-0.2, 0) is 11.1 Å². The molecule has 2 aliphatic heterocycles. The van der Waals surface area contributed by atoms with Gasteiger partial charge in [-0.2, -0.15) is 0 Å². The van der Waals surface area contributed by atoms with Gasteiger partial charge >= 0.3 is 0 Å². The Morgan fingerprint density at radius 1 is 0.500 bits per heavy atom. The Labute approximate surface area is 185 Å². The lowest BCUT2D eigenvalue weighted by Gasteiger charge is -2.42. The average Bonchev–Trinajstić information content (AvgIpc) is 3.23. The molecule has 0 saturated heterocycles. The number of anilines is 2. The van der Waals surface area contributed by atoms with E-state index in [9.17, 15) is 0 Å². The van der Waals surface area contributed by atoms with Gasteiger partial charge in [-0.1, -0.05) is 83.9 Å². The molecule has 0 unspecified atom stereocenters. The van der Waals surface area contributed by atoms with Gasteiger partial charge in [0.25, 0.3) is 0 Å². The van der Waals surface area contributed by atoms with E-state index in [-0.39, 0.29) is 0 Å². The van der Waals surface area contributed by atoms with Crippen LogP contribution in [0.2, 0.25) is 10.0 Å². The van der Waals surface area contributed by atoms with E-state index in [1.807, 2.05) is 24.3 Å². The van der Waals surface area contributed by atoms with Crippen molar-refractivity contribution in [2.75, 3.05) is 10.6 Å². The summed E-state index contributed by atoms with van der Waals surface area (Å²) < 4.78 is 0. The first-order valence-electron chi connectivity index (χ1n) is 9.93. The highest BCUT2D eigenvalue weighted by Crippen LogP contribution is 2.64. The highest BCUT2D eigenvalue weighted by atomic mass is 35.5. The lowest BCUT2D eigenvalue weighted by atomic mass is 9.66. The number of rotatable bonds is 2. The summed E-state index contributed by atoms with van der Waals surface area (Å²) in [6, 6.07) is 33.3. The largest absolute Gasteiger partial charge is 0.369 e. The monoisotopic (exact) mass is 428 g/mol. The zero-order valence-corrected chi connectivity index (χ0v) is 17.5. The molecule has 0 fully saturated rings. The van der Waals surface area contributed by atoms with Gasteiger partial charge in [-0.25, -0.2) is 0 Å². The molecular weight excluding hydrogens is 411 g/mol. The van der Waals surface area contributed by atoms with Crippen molar-refractivity contribution in [2.45, 2.75) is 11.1 Å². The van der Waals surface area contributed by atoms with E-state index in [4.69, 9.17) is 23.2 Å². The van der Waals surface area contributed by atoms with Crippen LogP contribution >= 0.6 is 23.2 Å². The molecule has 2 aliphatic rings. The molecule has 0 aromatic heterocycles. The van der Waals surface area contributed by atoms with Gasteiger partial charge < -0.3 is 10.6 Å². The fourth-order valence-electron chi connectivity index (χ4n) is 5.27. The summed E-state index contributed by atoms with van der Waals surface area (Å²) in [6.07, 6.45) is 0. The highest BCUT2D eigenvalue weighted by Gasteiger charge is 2.65. The zero-order valence-electron chi connectivity index (χ0n) is 16.0. The van der Waals surface area contributed by atoms with E-state index in [2.05, 4.69) is 83.4 Å². The smallest absolute Gasteiger partial charge is 0.122 e. The molecular formula is C26H18Cl2N2. The van der Waals surface area contributed by atoms with E-state index < -0.39 is 11.1 Å². The van der Waals surface area contributed by atoms with Crippen molar-refractivity contribution in [1.82, 2.24) is 0 Å². The normalized spacial score (nSPS) is 23.1. The lowest BCUT2D eigenvalue weighted by molar-refractivity contribution is 0.439. The average molecular weight is 429 g/mol. The van der Waals surface area contributed by atoms with Crippen LogP contribution in [0.5, 0.6) is 0 Å². The molecule has 2 heterocycles. The molecule has 2 nitrogen and oxygen atoms in total. The van der Waals surface area contributed by atoms with Crippen LogP contribution in [0.3, 0.4) is 0 Å². The number of nitrogens with one attached hydrogen (secondary N) is 2. The molecule has 4 aromatic carbocycles. The van der Waals surface area contributed by atoms with Gasteiger partial charge in [0.2, 0.25) is 0 Å². The molecule has 0 saturated carbocycles. The molecule has 30 heavy (non-hydrogen) atoms. The Kier molecular flexibility index (Phi) is 3.74. The summed E-state index contributed by atoms with van der Waals surface area (Å²) in [4.78, 5) is 0. The first-order valence-corrected chi connectivity index (χ1v) is 10.7. The Bertz CT molecular complexity index is 1170. The molecule has 4 heteroatoms. The minimum Gasteiger partial charge on any atom is -0.369 e. The maximum absolute atomic E-state index is 6.51. The van der Waals surface area contributed by atoms with Gasteiger partial charge in [-0.3, -0.25) is 0 Å². The second kappa shape index (κ2) is 6.28. The summed E-state index contributed by atoms with van der Waals surface area (Å²) in [5.74, 6) is 0. The van der Waals surface area contributed by atoms with Gasteiger partial charge in [0.05, 0.1) is 0 Å². The third-order valence-electron chi connectivity index (χ3n) is 6.39. The van der Waals surface area contributed by atoms with E-state index in [1.54, 1.807) is 0 Å². The van der Waals surface area contributed by atoms with E-state index >= 15 is 0 Å². The predicted molar refractivity (Wildman–Crippen MR) is 125 cm³/mol. The Hall–Kier alpha value is -2.94. The van der Waals surface area contributed by atoms with Crippen molar-refractivity contribution in [3.05, 3.63) is 129 Å². The van der Waals surface area contributed by atoms with Crippen molar-refractivity contribution in [1.29, 1.82) is 0 Å². The molecule has 6 rings (SSSR count). The molecule has 0 aliphatic carbocycles. The SMILES string of the molecule is Clc1ccc2c(c1)[C@@]1(c3ccccc3)Nc3ccc(Cl)cc3[C@]1(c1ccccc1)N2. The number of halogens is 2. The van der Waals surface area contributed by atoms with Gasteiger partial charge in [-0.05, 0) is 47.5 Å². The van der Waals surface area contributed by atoms with Gasteiger partial charge in [-0.15, -0.1) is 0 Å². The van der Waals surface area contributed by atoms with Crippen LogP contribution in [0.4, 0.5) is 11.4 Å². The van der Waals surface area contributed by atoms with E-state index in [0.29, 0.717) is 10.0 Å². The number of benzene rings is 4. The van der Waals surface area contributed by atoms with E-state index in [1.165, 1.54) is 0 Å². The summed E-state index contributed by atoms with van der Waals surface area (Å²) in [6.45, 7) is 0. The fourth-order valence-corrected chi connectivity index (χ4v) is 5.61. The Balaban J connectivity index is 1.79. The van der Waals surface area contributed by atoms with Crippen LogP contribution < -0.4 is 10.6 Å². The maximum Gasteiger partial charge on any atom is 0.122 e. The predicted octanol–water partition coefficient (Wildman–Crippen LogP) is 7.03. The summed E-state index contributed by atoms with van der Waals surface area (Å²) in [5.41, 5.74) is 5.53. The minimum atomic E-state index is -0.580. The molecule has 2 atom stereocenters. The number of fused-ring (bicyclic) bond motifs is 5. The zero-order chi connectivity index (χ0) is 20.3. The van der Waals surface area contributed by atoms with E-state index in [0.717, 1.165) is 33.6 Å². The van der Waals surface area contributed by atoms with Crippen molar-refractivity contribution < 1.29 is 0 Å². The number of hydrogen-bond acceptors (Lipinski definition) is 2. The van der Waals surface area contributed by atoms with Crippen LogP contribution in [0.1, 0.15) is 22.3 Å². The quantitative estimate of drug-likeness (QED) is 0.357. The molecule has 0 spiro atoms. The molecule has 0 radical (unpaired) electrons.